The maximum absolute atomic E-state index is 13.3. The van der Waals surface area contributed by atoms with Gasteiger partial charge in [0.2, 0.25) is 0 Å². The molecule has 0 aliphatic carbocycles. The zero-order chi connectivity index (χ0) is 25.7. The Hall–Kier alpha value is -3.07. The van der Waals surface area contributed by atoms with Crippen molar-refractivity contribution in [1.29, 1.82) is 0 Å². The molecule has 9 heteroatoms. The number of aromatic nitrogens is 2. The van der Waals surface area contributed by atoms with Crippen molar-refractivity contribution in [2.45, 2.75) is 58.0 Å². The highest BCUT2D eigenvalue weighted by Crippen LogP contribution is 2.33. The van der Waals surface area contributed by atoms with Gasteiger partial charge in [-0.1, -0.05) is 0 Å². The number of nitrogens with one attached hydrogen (secondary N) is 1. The number of nitrogens with zero attached hydrogens (tertiary/aromatic N) is 4. The van der Waals surface area contributed by atoms with Gasteiger partial charge in [-0.25, -0.2) is 9.48 Å². The monoisotopic (exact) mass is 497 g/mol. The molecule has 196 valence electrons. The lowest BCUT2D eigenvalue weighted by Crippen LogP contribution is -2.41. The summed E-state index contributed by atoms with van der Waals surface area (Å²) in [7, 11) is 1.64. The number of hydrogen-bond donors (Lipinski definition) is 1. The summed E-state index contributed by atoms with van der Waals surface area (Å²) in [5, 5.41) is 7.73. The molecule has 2 aliphatic rings. The molecule has 2 aromatic rings. The summed E-state index contributed by atoms with van der Waals surface area (Å²) in [6.45, 7) is 10.5. The van der Waals surface area contributed by atoms with Crippen LogP contribution >= 0.6 is 0 Å². The Labute approximate surface area is 213 Å². The standard InChI is InChI=1S/C27H39N5O4/c1-27(2,3)36-26(34)31-16-11-20(12-17-31)24-23(25(33)28-13-18-30-14-5-6-15-30)19-29-32(24)21-7-9-22(35-4)10-8-21/h7-10,19-20H,5-6,11-18H2,1-4H3,(H,28,33). The molecular weight excluding hydrogens is 458 g/mol. The molecule has 4 rings (SSSR count). The Morgan fingerprint density at radius 3 is 2.33 bits per heavy atom. The Balaban J connectivity index is 1.51. The topological polar surface area (TPSA) is 88.9 Å². The predicted octanol–water partition coefficient (Wildman–Crippen LogP) is 3.82. The van der Waals surface area contributed by atoms with Crippen molar-refractivity contribution in [3.63, 3.8) is 0 Å². The summed E-state index contributed by atoms with van der Waals surface area (Å²) in [5.74, 6) is 0.754. The van der Waals surface area contributed by atoms with Crippen LogP contribution in [0.5, 0.6) is 5.75 Å². The minimum absolute atomic E-state index is 0.0904. The van der Waals surface area contributed by atoms with Crippen molar-refractivity contribution >= 4 is 12.0 Å². The number of carbonyl (C=O) groups excluding carboxylic acids is 2. The van der Waals surface area contributed by atoms with Gasteiger partial charge >= 0.3 is 6.09 Å². The van der Waals surface area contributed by atoms with E-state index in [4.69, 9.17) is 9.47 Å². The zero-order valence-electron chi connectivity index (χ0n) is 22.0. The first kappa shape index (κ1) is 26.0. The largest absolute Gasteiger partial charge is 0.497 e. The van der Waals surface area contributed by atoms with Crippen LogP contribution in [0, 0.1) is 0 Å². The summed E-state index contributed by atoms with van der Waals surface area (Å²) in [5.41, 5.74) is 1.84. The van der Waals surface area contributed by atoms with Crippen LogP contribution in [0.25, 0.3) is 5.69 Å². The van der Waals surface area contributed by atoms with Crippen LogP contribution in [0.1, 0.15) is 68.4 Å². The Morgan fingerprint density at radius 1 is 1.06 bits per heavy atom. The van der Waals surface area contributed by atoms with Gasteiger partial charge in [-0.15, -0.1) is 0 Å². The van der Waals surface area contributed by atoms with Crippen LogP contribution in [0.4, 0.5) is 4.79 Å². The quantitative estimate of drug-likeness (QED) is 0.626. The first-order chi connectivity index (χ1) is 17.2. The van der Waals surface area contributed by atoms with Crippen molar-refractivity contribution < 1.29 is 19.1 Å². The van der Waals surface area contributed by atoms with E-state index in [2.05, 4.69) is 15.3 Å². The van der Waals surface area contributed by atoms with Crippen molar-refractivity contribution in [3.8, 4) is 11.4 Å². The summed E-state index contributed by atoms with van der Waals surface area (Å²) in [6.07, 6.45) is 5.31. The fraction of sp³-hybridized carbons (Fsp3) is 0.593. The average Bonchev–Trinajstić information content (AvgIpc) is 3.53. The van der Waals surface area contributed by atoms with E-state index < -0.39 is 5.60 Å². The molecule has 2 fully saturated rings. The Bertz CT molecular complexity index is 1030. The lowest BCUT2D eigenvalue weighted by atomic mass is 9.91. The highest BCUT2D eigenvalue weighted by molar-refractivity contribution is 5.95. The van der Waals surface area contributed by atoms with Crippen molar-refractivity contribution in [2.75, 3.05) is 46.4 Å². The minimum atomic E-state index is -0.527. The number of ether oxygens (including phenoxy) is 2. The number of hydrogen-bond acceptors (Lipinski definition) is 6. The van der Waals surface area contributed by atoms with E-state index in [-0.39, 0.29) is 17.9 Å². The number of methoxy groups -OCH3 is 1. The average molecular weight is 498 g/mol. The minimum Gasteiger partial charge on any atom is -0.497 e. The Kier molecular flexibility index (Phi) is 8.18. The molecule has 0 bridgehead atoms. The second-order valence-corrected chi connectivity index (χ2v) is 10.6. The molecule has 1 aromatic heterocycles. The summed E-state index contributed by atoms with van der Waals surface area (Å²) in [4.78, 5) is 30.0. The van der Waals surface area contributed by atoms with Crippen LogP contribution in [-0.2, 0) is 4.74 Å². The van der Waals surface area contributed by atoms with Gasteiger partial charge in [-0.3, -0.25) is 4.79 Å². The number of rotatable bonds is 7. The first-order valence-corrected chi connectivity index (χ1v) is 13.0. The van der Waals surface area contributed by atoms with E-state index in [1.165, 1.54) is 12.8 Å². The van der Waals surface area contributed by atoms with E-state index >= 15 is 0 Å². The smallest absolute Gasteiger partial charge is 0.410 e. The lowest BCUT2D eigenvalue weighted by molar-refractivity contribution is 0.0203. The second kappa shape index (κ2) is 11.3. The lowest BCUT2D eigenvalue weighted by Gasteiger charge is -2.34. The molecular formula is C27H39N5O4. The van der Waals surface area contributed by atoms with Crippen LogP contribution in [0.2, 0.25) is 0 Å². The van der Waals surface area contributed by atoms with Gasteiger partial charge in [0.15, 0.2) is 0 Å². The van der Waals surface area contributed by atoms with Gasteiger partial charge in [-0.05, 0) is 83.8 Å². The summed E-state index contributed by atoms with van der Waals surface area (Å²) in [6, 6.07) is 7.67. The number of amides is 2. The highest BCUT2D eigenvalue weighted by Gasteiger charge is 2.32. The molecule has 0 radical (unpaired) electrons. The second-order valence-electron chi connectivity index (χ2n) is 10.6. The maximum atomic E-state index is 13.3. The van der Waals surface area contributed by atoms with Crippen LogP contribution < -0.4 is 10.1 Å². The molecule has 2 aliphatic heterocycles. The van der Waals surface area contributed by atoms with Crippen LogP contribution in [0.15, 0.2) is 30.5 Å². The molecule has 2 saturated heterocycles. The van der Waals surface area contributed by atoms with E-state index in [1.807, 2.05) is 49.7 Å². The number of piperidine rings is 1. The normalized spacial score (nSPS) is 17.3. The zero-order valence-corrected chi connectivity index (χ0v) is 22.0. The van der Waals surface area contributed by atoms with Crippen molar-refractivity contribution in [2.24, 2.45) is 0 Å². The molecule has 0 spiro atoms. The fourth-order valence-corrected chi connectivity index (χ4v) is 4.95. The molecule has 2 amide bonds. The predicted molar refractivity (Wildman–Crippen MR) is 138 cm³/mol. The molecule has 9 nitrogen and oxygen atoms in total. The van der Waals surface area contributed by atoms with Crippen molar-refractivity contribution in [1.82, 2.24) is 24.9 Å². The van der Waals surface area contributed by atoms with E-state index in [9.17, 15) is 9.59 Å². The molecule has 1 aromatic carbocycles. The van der Waals surface area contributed by atoms with Gasteiger partial charge in [0.1, 0.15) is 11.4 Å². The molecule has 0 atom stereocenters. The maximum Gasteiger partial charge on any atom is 0.410 e. The van der Waals surface area contributed by atoms with Gasteiger partial charge in [-0.2, -0.15) is 5.10 Å². The summed E-state index contributed by atoms with van der Waals surface area (Å²) < 4.78 is 12.7. The van der Waals surface area contributed by atoms with E-state index in [0.717, 1.165) is 49.6 Å². The first-order valence-electron chi connectivity index (χ1n) is 13.0. The van der Waals surface area contributed by atoms with E-state index in [0.29, 0.717) is 25.2 Å². The number of benzene rings is 1. The summed E-state index contributed by atoms with van der Waals surface area (Å²) >= 11 is 0. The number of likely N-dealkylation sites (tertiary alicyclic amines) is 2. The van der Waals surface area contributed by atoms with Crippen LogP contribution in [-0.4, -0.2) is 83.6 Å². The van der Waals surface area contributed by atoms with E-state index in [1.54, 1.807) is 18.2 Å². The molecule has 36 heavy (non-hydrogen) atoms. The van der Waals surface area contributed by atoms with Gasteiger partial charge in [0, 0.05) is 32.1 Å². The number of carbonyl (C=O) groups is 2. The highest BCUT2D eigenvalue weighted by atomic mass is 16.6. The third kappa shape index (κ3) is 6.37. The van der Waals surface area contributed by atoms with Crippen molar-refractivity contribution in [3.05, 3.63) is 41.7 Å². The fourth-order valence-electron chi connectivity index (χ4n) is 4.95. The van der Waals surface area contributed by atoms with Crippen LogP contribution in [0.3, 0.4) is 0 Å². The van der Waals surface area contributed by atoms with Gasteiger partial charge in [0.25, 0.3) is 5.91 Å². The third-order valence-corrected chi connectivity index (χ3v) is 6.81. The third-order valence-electron chi connectivity index (χ3n) is 6.81. The molecule has 3 heterocycles. The SMILES string of the molecule is COc1ccc(-n2ncc(C(=O)NCCN3CCCC3)c2C2CCN(C(=O)OC(C)(C)C)CC2)cc1. The molecule has 0 saturated carbocycles. The molecule has 1 N–H and O–H groups in total. The van der Waals surface area contributed by atoms with Gasteiger partial charge in [0.05, 0.1) is 30.3 Å². The van der Waals surface area contributed by atoms with Gasteiger partial charge < -0.3 is 24.6 Å². The molecule has 0 unspecified atom stereocenters. The Morgan fingerprint density at radius 2 is 1.72 bits per heavy atom.